The van der Waals surface area contributed by atoms with Crippen molar-refractivity contribution in [2.75, 3.05) is 20.3 Å². The SMILES string of the molecule is COCCNC(=O)C[C@@H](c1ccccc1[N+](=O)[O-])c1c[nH]c2ccccc12. The van der Waals surface area contributed by atoms with E-state index < -0.39 is 10.8 Å². The van der Waals surface area contributed by atoms with Gasteiger partial charge in [-0.25, -0.2) is 0 Å². The Morgan fingerprint density at radius 3 is 2.70 bits per heavy atom. The summed E-state index contributed by atoms with van der Waals surface area (Å²) in [5.74, 6) is -0.620. The Labute approximate surface area is 156 Å². The van der Waals surface area contributed by atoms with Crippen molar-refractivity contribution in [3.05, 3.63) is 76.0 Å². The van der Waals surface area contributed by atoms with Crippen molar-refractivity contribution in [3.63, 3.8) is 0 Å². The summed E-state index contributed by atoms with van der Waals surface area (Å²) in [6, 6.07) is 14.3. The fourth-order valence-electron chi connectivity index (χ4n) is 3.27. The van der Waals surface area contributed by atoms with Gasteiger partial charge in [0, 0.05) is 54.7 Å². The summed E-state index contributed by atoms with van der Waals surface area (Å²) < 4.78 is 4.95. The monoisotopic (exact) mass is 367 g/mol. The second kappa shape index (κ2) is 8.46. The Morgan fingerprint density at radius 1 is 1.19 bits per heavy atom. The molecular formula is C20H21N3O4. The number of nitrogens with zero attached hydrogens (tertiary/aromatic N) is 1. The Morgan fingerprint density at radius 2 is 1.93 bits per heavy atom. The predicted molar refractivity (Wildman–Crippen MR) is 103 cm³/mol. The number of H-pyrrole nitrogens is 1. The summed E-state index contributed by atoms with van der Waals surface area (Å²) in [7, 11) is 1.56. The fraction of sp³-hybridized carbons (Fsp3) is 0.250. The van der Waals surface area contributed by atoms with Crippen LogP contribution in [-0.2, 0) is 9.53 Å². The van der Waals surface area contributed by atoms with Crippen molar-refractivity contribution in [2.24, 2.45) is 0 Å². The van der Waals surface area contributed by atoms with Gasteiger partial charge in [0.05, 0.1) is 11.5 Å². The van der Waals surface area contributed by atoms with Gasteiger partial charge in [0.15, 0.2) is 0 Å². The van der Waals surface area contributed by atoms with Crippen LogP contribution in [0, 0.1) is 10.1 Å². The number of fused-ring (bicyclic) bond motifs is 1. The molecule has 3 aromatic rings. The van der Waals surface area contributed by atoms with E-state index in [9.17, 15) is 14.9 Å². The van der Waals surface area contributed by atoms with Gasteiger partial charge in [-0.05, 0) is 11.6 Å². The van der Waals surface area contributed by atoms with Crippen LogP contribution in [0.4, 0.5) is 5.69 Å². The van der Waals surface area contributed by atoms with Crippen LogP contribution in [0.5, 0.6) is 0 Å². The average Bonchev–Trinajstić information content (AvgIpc) is 3.10. The predicted octanol–water partition coefficient (Wildman–Crippen LogP) is 3.36. The number of amides is 1. The lowest BCUT2D eigenvalue weighted by Crippen LogP contribution is -2.28. The zero-order valence-corrected chi connectivity index (χ0v) is 15.0. The van der Waals surface area contributed by atoms with Crippen molar-refractivity contribution < 1.29 is 14.5 Å². The summed E-state index contributed by atoms with van der Waals surface area (Å²) in [5, 5.41) is 15.3. The van der Waals surface area contributed by atoms with Crippen LogP contribution in [0.15, 0.2) is 54.7 Å². The van der Waals surface area contributed by atoms with E-state index in [1.54, 1.807) is 25.3 Å². The maximum atomic E-state index is 12.5. The number of hydrogen-bond acceptors (Lipinski definition) is 4. The number of aromatic amines is 1. The van der Waals surface area contributed by atoms with Crippen LogP contribution in [0.1, 0.15) is 23.5 Å². The van der Waals surface area contributed by atoms with E-state index in [1.165, 1.54) is 6.07 Å². The van der Waals surface area contributed by atoms with Crippen LogP contribution in [0.25, 0.3) is 10.9 Å². The largest absolute Gasteiger partial charge is 0.383 e. The highest BCUT2D eigenvalue weighted by atomic mass is 16.6. The van der Waals surface area contributed by atoms with E-state index in [-0.39, 0.29) is 18.0 Å². The number of ether oxygens (including phenoxy) is 1. The second-order valence-electron chi connectivity index (χ2n) is 6.20. The molecule has 0 fully saturated rings. The Bertz CT molecular complexity index is 951. The normalized spacial score (nSPS) is 12.0. The minimum Gasteiger partial charge on any atom is -0.383 e. The molecule has 140 valence electrons. The number of nitro groups is 1. The average molecular weight is 367 g/mol. The molecule has 0 unspecified atom stereocenters. The molecule has 0 saturated carbocycles. The number of methoxy groups -OCH3 is 1. The lowest BCUT2D eigenvalue weighted by molar-refractivity contribution is -0.385. The van der Waals surface area contributed by atoms with Crippen LogP contribution in [-0.4, -0.2) is 36.1 Å². The van der Waals surface area contributed by atoms with Crippen molar-refractivity contribution in [1.82, 2.24) is 10.3 Å². The van der Waals surface area contributed by atoms with Gasteiger partial charge in [-0.1, -0.05) is 36.4 Å². The minimum atomic E-state index is -0.440. The zero-order chi connectivity index (χ0) is 19.2. The van der Waals surface area contributed by atoms with E-state index in [0.717, 1.165) is 16.5 Å². The van der Waals surface area contributed by atoms with Crippen molar-refractivity contribution in [1.29, 1.82) is 0 Å². The molecule has 1 amide bonds. The number of para-hydroxylation sites is 2. The lowest BCUT2D eigenvalue weighted by Gasteiger charge is -2.17. The van der Waals surface area contributed by atoms with Crippen LogP contribution in [0.3, 0.4) is 0 Å². The molecule has 0 aliphatic rings. The molecule has 0 aliphatic carbocycles. The molecule has 0 aliphatic heterocycles. The molecule has 0 saturated heterocycles. The van der Waals surface area contributed by atoms with E-state index in [4.69, 9.17) is 4.74 Å². The molecule has 0 spiro atoms. The molecule has 7 nitrogen and oxygen atoms in total. The number of nitro benzene ring substituents is 1. The van der Waals surface area contributed by atoms with Crippen LogP contribution in [0.2, 0.25) is 0 Å². The van der Waals surface area contributed by atoms with Crippen molar-refractivity contribution in [2.45, 2.75) is 12.3 Å². The van der Waals surface area contributed by atoms with E-state index in [2.05, 4.69) is 10.3 Å². The maximum absolute atomic E-state index is 12.5. The van der Waals surface area contributed by atoms with Gasteiger partial charge in [0.2, 0.25) is 5.91 Å². The molecule has 2 N–H and O–H groups in total. The molecule has 3 rings (SSSR count). The third kappa shape index (κ3) is 4.15. The summed E-state index contributed by atoms with van der Waals surface area (Å²) in [4.78, 5) is 26.8. The zero-order valence-electron chi connectivity index (χ0n) is 15.0. The van der Waals surface area contributed by atoms with Crippen LogP contribution < -0.4 is 5.32 Å². The van der Waals surface area contributed by atoms with Gasteiger partial charge < -0.3 is 15.0 Å². The number of carbonyl (C=O) groups excluding carboxylic acids is 1. The number of hydrogen-bond donors (Lipinski definition) is 2. The third-order valence-electron chi connectivity index (χ3n) is 4.52. The van der Waals surface area contributed by atoms with Crippen LogP contribution >= 0.6 is 0 Å². The first-order valence-electron chi connectivity index (χ1n) is 8.66. The number of benzene rings is 2. The maximum Gasteiger partial charge on any atom is 0.273 e. The molecule has 1 aromatic heterocycles. The fourth-order valence-corrected chi connectivity index (χ4v) is 3.27. The molecule has 0 radical (unpaired) electrons. The first-order chi connectivity index (χ1) is 13.1. The highest BCUT2D eigenvalue weighted by Gasteiger charge is 2.27. The van der Waals surface area contributed by atoms with Gasteiger partial charge in [-0.2, -0.15) is 0 Å². The second-order valence-corrected chi connectivity index (χ2v) is 6.20. The Kier molecular flexibility index (Phi) is 5.83. The van der Waals surface area contributed by atoms with Crippen molar-refractivity contribution in [3.8, 4) is 0 Å². The van der Waals surface area contributed by atoms with Gasteiger partial charge in [0.1, 0.15) is 0 Å². The van der Waals surface area contributed by atoms with Gasteiger partial charge in [-0.3, -0.25) is 14.9 Å². The lowest BCUT2D eigenvalue weighted by atomic mass is 9.87. The molecule has 0 bridgehead atoms. The number of nitrogens with one attached hydrogen (secondary N) is 2. The van der Waals surface area contributed by atoms with Gasteiger partial charge in [-0.15, -0.1) is 0 Å². The number of carbonyl (C=O) groups is 1. The summed E-state index contributed by atoms with van der Waals surface area (Å²) in [6.45, 7) is 0.807. The summed E-state index contributed by atoms with van der Waals surface area (Å²) in [6.07, 6.45) is 1.94. The molecule has 1 heterocycles. The van der Waals surface area contributed by atoms with E-state index >= 15 is 0 Å². The molecule has 2 aromatic carbocycles. The summed E-state index contributed by atoms with van der Waals surface area (Å²) in [5.41, 5.74) is 2.32. The number of aromatic nitrogens is 1. The molecule has 27 heavy (non-hydrogen) atoms. The first kappa shape index (κ1) is 18.6. The highest BCUT2D eigenvalue weighted by molar-refractivity contribution is 5.86. The smallest absolute Gasteiger partial charge is 0.273 e. The topological polar surface area (TPSA) is 97.3 Å². The quantitative estimate of drug-likeness (QED) is 0.362. The minimum absolute atomic E-state index is 0.0115. The van der Waals surface area contributed by atoms with Gasteiger partial charge in [0.25, 0.3) is 5.69 Å². The summed E-state index contributed by atoms with van der Waals surface area (Å²) >= 11 is 0. The third-order valence-corrected chi connectivity index (χ3v) is 4.52. The van der Waals surface area contributed by atoms with E-state index in [0.29, 0.717) is 18.7 Å². The number of rotatable bonds is 8. The van der Waals surface area contributed by atoms with Gasteiger partial charge >= 0.3 is 0 Å². The molecule has 1 atom stereocenters. The highest BCUT2D eigenvalue weighted by Crippen LogP contribution is 2.37. The Balaban J connectivity index is 2.02. The van der Waals surface area contributed by atoms with Crippen molar-refractivity contribution >= 4 is 22.5 Å². The standard InChI is InChI=1S/C20H21N3O4/c1-27-11-10-21-20(24)12-16(15-7-3-5-9-19(15)23(25)26)17-13-22-18-8-4-2-6-14(17)18/h2-9,13,16,22H,10-12H2,1H3,(H,21,24)/t16-/m0/s1. The molecular weight excluding hydrogens is 346 g/mol. The molecule has 7 heteroatoms. The Hall–Kier alpha value is -3.19. The van der Waals surface area contributed by atoms with E-state index in [1.807, 2.05) is 30.5 Å². The first-order valence-corrected chi connectivity index (χ1v) is 8.66.